The van der Waals surface area contributed by atoms with Crippen LogP contribution in [0.15, 0.2) is 54.6 Å². The fourth-order valence-electron chi connectivity index (χ4n) is 2.25. The van der Waals surface area contributed by atoms with Crippen LogP contribution >= 0.6 is 0 Å². The molecule has 0 aromatic heterocycles. The average molecular weight is 343 g/mol. The number of hydrogen-bond acceptors (Lipinski definition) is 4. The van der Waals surface area contributed by atoms with E-state index in [9.17, 15) is 14.7 Å². The van der Waals surface area contributed by atoms with Crippen molar-refractivity contribution < 1.29 is 24.2 Å². The number of rotatable bonds is 8. The molecule has 25 heavy (non-hydrogen) atoms. The summed E-state index contributed by atoms with van der Waals surface area (Å²) in [5, 5.41) is 9.27. The number of methoxy groups -OCH3 is 1. The number of carboxylic acid groups (broad SMARTS) is 1. The van der Waals surface area contributed by atoms with Crippen LogP contribution in [0.4, 0.5) is 0 Å². The summed E-state index contributed by atoms with van der Waals surface area (Å²) < 4.78 is 10.5. The summed E-state index contributed by atoms with van der Waals surface area (Å²) in [4.78, 5) is 25.1. The van der Waals surface area contributed by atoms with Crippen molar-refractivity contribution in [3.63, 3.8) is 0 Å². The molecule has 0 bridgehead atoms. The SMILES string of the molecule is COc1ccc(OCC(=O)N(Cc2ccccc2)C(C)C(=O)O)cc1. The topological polar surface area (TPSA) is 76.1 Å². The third kappa shape index (κ3) is 5.24. The van der Waals surface area contributed by atoms with Gasteiger partial charge in [0.25, 0.3) is 5.91 Å². The molecule has 2 rings (SSSR count). The van der Waals surface area contributed by atoms with Gasteiger partial charge in [0.2, 0.25) is 0 Å². The molecule has 0 spiro atoms. The molecule has 0 aliphatic rings. The number of nitrogens with zero attached hydrogens (tertiary/aromatic N) is 1. The second-order valence-corrected chi connectivity index (χ2v) is 5.49. The van der Waals surface area contributed by atoms with Crippen molar-refractivity contribution in [1.82, 2.24) is 4.90 Å². The molecule has 0 fully saturated rings. The van der Waals surface area contributed by atoms with Crippen LogP contribution in [0.3, 0.4) is 0 Å². The normalized spacial score (nSPS) is 11.4. The molecule has 0 aliphatic heterocycles. The number of carbonyl (C=O) groups excluding carboxylic acids is 1. The second-order valence-electron chi connectivity index (χ2n) is 5.49. The van der Waals surface area contributed by atoms with Crippen LogP contribution in [0.5, 0.6) is 11.5 Å². The molecule has 1 N–H and O–H groups in total. The first-order valence-corrected chi connectivity index (χ1v) is 7.84. The Morgan fingerprint density at radius 1 is 1.04 bits per heavy atom. The van der Waals surface area contributed by atoms with E-state index < -0.39 is 17.9 Å². The van der Waals surface area contributed by atoms with Gasteiger partial charge in [-0.15, -0.1) is 0 Å². The fourth-order valence-corrected chi connectivity index (χ4v) is 2.25. The first-order valence-electron chi connectivity index (χ1n) is 7.84. The molecule has 0 aliphatic carbocycles. The summed E-state index contributed by atoms with van der Waals surface area (Å²) in [5.41, 5.74) is 0.855. The lowest BCUT2D eigenvalue weighted by Crippen LogP contribution is -2.44. The Balaban J connectivity index is 2.04. The number of benzene rings is 2. The van der Waals surface area contributed by atoms with Crippen LogP contribution in [-0.2, 0) is 16.1 Å². The van der Waals surface area contributed by atoms with Crippen LogP contribution < -0.4 is 9.47 Å². The zero-order valence-corrected chi connectivity index (χ0v) is 14.2. The predicted octanol–water partition coefficient (Wildman–Crippen LogP) is 2.58. The lowest BCUT2D eigenvalue weighted by Gasteiger charge is -2.26. The van der Waals surface area contributed by atoms with Crippen molar-refractivity contribution in [2.45, 2.75) is 19.5 Å². The summed E-state index contributed by atoms with van der Waals surface area (Å²) in [6.07, 6.45) is 0. The van der Waals surface area contributed by atoms with Gasteiger partial charge in [0.15, 0.2) is 6.61 Å². The van der Waals surface area contributed by atoms with Crippen LogP contribution in [0.2, 0.25) is 0 Å². The number of hydrogen-bond donors (Lipinski definition) is 1. The molecule has 0 heterocycles. The van der Waals surface area contributed by atoms with Gasteiger partial charge in [-0.2, -0.15) is 0 Å². The van der Waals surface area contributed by atoms with Gasteiger partial charge in [-0.1, -0.05) is 30.3 Å². The van der Waals surface area contributed by atoms with Gasteiger partial charge >= 0.3 is 5.97 Å². The molecular formula is C19H21NO5. The first-order chi connectivity index (χ1) is 12.0. The minimum Gasteiger partial charge on any atom is -0.497 e. The van der Waals surface area contributed by atoms with E-state index in [0.29, 0.717) is 11.5 Å². The zero-order valence-electron chi connectivity index (χ0n) is 14.2. The van der Waals surface area contributed by atoms with Crippen molar-refractivity contribution >= 4 is 11.9 Å². The standard InChI is InChI=1S/C19H21NO5/c1-14(19(22)23)20(12-15-6-4-3-5-7-15)18(21)13-25-17-10-8-16(24-2)9-11-17/h3-11,14H,12-13H2,1-2H3,(H,22,23). The van der Waals surface area contributed by atoms with E-state index in [2.05, 4.69) is 0 Å². The third-order valence-corrected chi connectivity index (χ3v) is 3.76. The number of ether oxygens (including phenoxy) is 2. The molecule has 1 unspecified atom stereocenters. The number of amides is 1. The van der Waals surface area contributed by atoms with E-state index in [4.69, 9.17) is 9.47 Å². The number of aliphatic carboxylic acids is 1. The average Bonchev–Trinajstić information content (AvgIpc) is 2.64. The zero-order chi connectivity index (χ0) is 18.2. The smallest absolute Gasteiger partial charge is 0.326 e. The van der Waals surface area contributed by atoms with Crippen molar-refractivity contribution in [2.75, 3.05) is 13.7 Å². The Morgan fingerprint density at radius 3 is 2.20 bits per heavy atom. The molecular weight excluding hydrogens is 322 g/mol. The molecule has 6 heteroatoms. The first kappa shape index (κ1) is 18.3. The lowest BCUT2D eigenvalue weighted by atomic mass is 10.2. The van der Waals surface area contributed by atoms with Gasteiger partial charge in [0, 0.05) is 6.54 Å². The van der Waals surface area contributed by atoms with E-state index in [1.807, 2.05) is 30.3 Å². The molecule has 2 aromatic rings. The molecule has 1 atom stereocenters. The Kier molecular flexibility index (Phi) is 6.39. The Morgan fingerprint density at radius 2 is 1.64 bits per heavy atom. The molecule has 6 nitrogen and oxygen atoms in total. The fraction of sp³-hybridized carbons (Fsp3) is 0.263. The minimum atomic E-state index is -1.06. The molecule has 0 radical (unpaired) electrons. The maximum absolute atomic E-state index is 12.5. The monoisotopic (exact) mass is 343 g/mol. The summed E-state index contributed by atoms with van der Waals surface area (Å²) >= 11 is 0. The van der Waals surface area contributed by atoms with Crippen LogP contribution in [-0.4, -0.2) is 41.6 Å². The van der Waals surface area contributed by atoms with E-state index in [1.165, 1.54) is 11.8 Å². The van der Waals surface area contributed by atoms with Crippen molar-refractivity contribution in [3.8, 4) is 11.5 Å². The maximum Gasteiger partial charge on any atom is 0.326 e. The quantitative estimate of drug-likeness (QED) is 0.797. The number of carbonyl (C=O) groups is 2. The van der Waals surface area contributed by atoms with E-state index in [1.54, 1.807) is 31.4 Å². The molecule has 1 amide bonds. The second kappa shape index (κ2) is 8.73. The van der Waals surface area contributed by atoms with Crippen LogP contribution in [0, 0.1) is 0 Å². The van der Waals surface area contributed by atoms with Gasteiger partial charge in [-0.3, -0.25) is 4.79 Å². The van der Waals surface area contributed by atoms with Crippen LogP contribution in [0.25, 0.3) is 0 Å². The molecule has 132 valence electrons. The van der Waals surface area contributed by atoms with Crippen molar-refractivity contribution in [1.29, 1.82) is 0 Å². The highest BCUT2D eigenvalue weighted by Gasteiger charge is 2.26. The maximum atomic E-state index is 12.5. The van der Waals surface area contributed by atoms with Crippen molar-refractivity contribution in [3.05, 3.63) is 60.2 Å². The van der Waals surface area contributed by atoms with E-state index in [0.717, 1.165) is 5.56 Å². The van der Waals surface area contributed by atoms with Crippen molar-refractivity contribution in [2.24, 2.45) is 0 Å². The third-order valence-electron chi connectivity index (χ3n) is 3.76. The summed E-state index contributed by atoms with van der Waals surface area (Å²) in [6, 6.07) is 15.1. The highest BCUT2D eigenvalue weighted by Crippen LogP contribution is 2.17. The van der Waals surface area contributed by atoms with E-state index in [-0.39, 0.29) is 13.2 Å². The number of carboxylic acids is 1. The molecule has 2 aromatic carbocycles. The Labute approximate surface area is 146 Å². The van der Waals surface area contributed by atoms with Gasteiger partial charge in [-0.05, 0) is 36.8 Å². The minimum absolute atomic E-state index is 0.207. The summed E-state index contributed by atoms with van der Waals surface area (Å²) in [5.74, 6) is -0.260. The van der Waals surface area contributed by atoms with Gasteiger partial charge in [0.05, 0.1) is 7.11 Å². The highest BCUT2D eigenvalue weighted by atomic mass is 16.5. The summed E-state index contributed by atoms with van der Waals surface area (Å²) in [6.45, 7) is 1.45. The van der Waals surface area contributed by atoms with Gasteiger partial charge in [0.1, 0.15) is 17.5 Å². The highest BCUT2D eigenvalue weighted by molar-refractivity contribution is 5.84. The Hall–Kier alpha value is -3.02. The predicted molar refractivity (Wildman–Crippen MR) is 92.6 cm³/mol. The van der Waals surface area contributed by atoms with Gasteiger partial charge < -0.3 is 19.5 Å². The Bertz CT molecular complexity index is 700. The lowest BCUT2D eigenvalue weighted by molar-refractivity contribution is -0.150. The van der Waals surface area contributed by atoms with E-state index >= 15 is 0 Å². The van der Waals surface area contributed by atoms with Gasteiger partial charge in [-0.25, -0.2) is 4.79 Å². The summed E-state index contributed by atoms with van der Waals surface area (Å²) in [7, 11) is 1.56. The largest absolute Gasteiger partial charge is 0.497 e. The molecule has 0 saturated carbocycles. The molecule has 0 saturated heterocycles. The van der Waals surface area contributed by atoms with Crippen LogP contribution in [0.1, 0.15) is 12.5 Å².